The minimum atomic E-state index is -3.96. The number of nitrogens with one attached hydrogen (secondary N) is 1. The molecule has 170 valence electrons. The first kappa shape index (κ1) is 22.8. The molecular formula is C24H22ClN3O4S. The van der Waals surface area contributed by atoms with Crippen LogP contribution in [-0.4, -0.2) is 25.1 Å². The van der Waals surface area contributed by atoms with Crippen LogP contribution < -0.4 is 15.0 Å². The number of sulfonamides is 1. The van der Waals surface area contributed by atoms with Crippen LogP contribution >= 0.6 is 11.6 Å². The van der Waals surface area contributed by atoms with Gasteiger partial charge in [0, 0.05) is 0 Å². The highest BCUT2D eigenvalue weighted by molar-refractivity contribution is 7.92. The topological polar surface area (TPSA) is 90.3 Å². The number of rotatable bonds is 5. The summed E-state index contributed by atoms with van der Waals surface area (Å²) in [6.07, 6.45) is 0. The van der Waals surface area contributed by atoms with Crippen molar-refractivity contribution in [3.63, 3.8) is 0 Å². The normalized spacial score (nSPS) is 11.5. The fraction of sp³-hybridized carbons (Fsp3) is 0.167. The fourth-order valence-corrected chi connectivity index (χ4v) is 5.35. The molecule has 0 amide bonds. The molecule has 33 heavy (non-hydrogen) atoms. The van der Waals surface area contributed by atoms with E-state index in [4.69, 9.17) is 16.3 Å². The second-order valence-electron chi connectivity index (χ2n) is 7.67. The van der Waals surface area contributed by atoms with Gasteiger partial charge in [-0.15, -0.1) is 0 Å². The second-order valence-corrected chi connectivity index (χ2v) is 9.73. The molecule has 0 saturated heterocycles. The van der Waals surface area contributed by atoms with E-state index in [1.54, 1.807) is 63.2 Å². The van der Waals surface area contributed by atoms with E-state index >= 15 is 0 Å². The van der Waals surface area contributed by atoms with Crippen molar-refractivity contribution in [3.8, 4) is 11.4 Å². The van der Waals surface area contributed by atoms with Crippen molar-refractivity contribution in [1.82, 2.24) is 9.55 Å². The minimum absolute atomic E-state index is 0.114. The first-order chi connectivity index (χ1) is 15.6. The van der Waals surface area contributed by atoms with Crippen LogP contribution in [0.3, 0.4) is 0 Å². The van der Waals surface area contributed by atoms with Crippen molar-refractivity contribution in [1.29, 1.82) is 0 Å². The lowest BCUT2D eigenvalue weighted by atomic mass is 10.1. The third-order valence-electron chi connectivity index (χ3n) is 5.38. The van der Waals surface area contributed by atoms with Crippen LogP contribution in [0.5, 0.6) is 5.75 Å². The van der Waals surface area contributed by atoms with Crippen molar-refractivity contribution >= 4 is 38.2 Å². The Morgan fingerprint density at radius 3 is 2.45 bits per heavy atom. The lowest BCUT2D eigenvalue weighted by Crippen LogP contribution is -2.22. The number of halogens is 1. The van der Waals surface area contributed by atoms with Gasteiger partial charge in [0.2, 0.25) is 0 Å². The average Bonchev–Trinajstić information content (AvgIpc) is 2.77. The van der Waals surface area contributed by atoms with Crippen molar-refractivity contribution in [3.05, 3.63) is 86.9 Å². The maximum atomic E-state index is 13.2. The van der Waals surface area contributed by atoms with Crippen molar-refractivity contribution in [2.24, 2.45) is 0 Å². The summed E-state index contributed by atoms with van der Waals surface area (Å²) in [4.78, 5) is 17.8. The minimum Gasteiger partial charge on any atom is -0.496 e. The number of hydrogen-bond acceptors (Lipinski definition) is 5. The van der Waals surface area contributed by atoms with E-state index in [1.165, 1.54) is 17.7 Å². The monoisotopic (exact) mass is 483 g/mol. The van der Waals surface area contributed by atoms with Crippen molar-refractivity contribution in [2.75, 3.05) is 11.8 Å². The van der Waals surface area contributed by atoms with E-state index in [-0.39, 0.29) is 21.2 Å². The molecule has 4 aromatic rings. The van der Waals surface area contributed by atoms with E-state index < -0.39 is 10.0 Å². The number of ether oxygens (including phenoxy) is 1. The van der Waals surface area contributed by atoms with Gasteiger partial charge in [0.15, 0.2) is 0 Å². The van der Waals surface area contributed by atoms with Crippen molar-refractivity contribution < 1.29 is 13.2 Å². The summed E-state index contributed by atoms with van der Waals surface area (Å²) in [7, 11) is -2.43. The third kappa shape index (κ3) is 4.19. The molecule has 0 bridgehead atoms. The van der Waals surface area contributed by atoms with E-state index in [2.05, 4.69) is 9.71 Å². The Labute approximate surface area is 196 Å². The summed E-state index contributed by atoms with van der Waals surface area (Å²) in [6.45, 7) is 5.18. The van der Waals surface area contributed by atoms with Gasteiger partial charge in [-0.25, -0.2) is 13.4 Å². The van der Waals surface area contributed by atoms with Gasteiger partial charge in [-0.3, -0.25) is 14.1 Å². The van der Waals surface area contributed by atoms with Gasteiger partial charge in [-0.2, -0.15) is 0 Å². The highest BCUT2D eigenvalue weighted by Crippen LogP contribution is 2.30. The van der Waals surface area contributed by atoms with E-state index in [1.807, 2.05) is 6.07 Å². The summed E-state index contributed by atoms with van der Waals surface area (Å²) < 4.78 is 35.6. The molecule has 0 fully saturated rings. The zero-order chi connectivity index (χ0) is 23.9. The van der Waals surface area contributed by atoms with Gasteiger partial charge < -0.3 is 4.74 Å². The quantitative estimate of drug-likeness (QED) is 0.441. The molecule has 1 heterocycles. The molecule has 0 aliphatic rings. The number of anilines is 1. The summed E-state index contributed by atoms with van der Waals surface area (Å²) >= 11 is 6.32. The van der Waals surface area contributed by atoms with Gasteiger partial charge in [0.05, 0.1) is 39.3 Å². The van der Waals surface area contributed by atoms with Crippen LogP contribution in [-0.2, 0) is 10.0 Å². The van der Waals surface area contributed by atoms with Crippen LogP contribution in [0.4, 0.5) is 5.69 Å². The molecule has 0 aliphatic heterocycles. The molecule has 0 atom stereocenters. The Bertz CT molecular complexity index is 1560. The summed E-state index contributed by atoms with van der Waals surface area (Å²) in [5.41, 5.74) is 2.16. The highest BCUT2D eigenvalue weighted by atomic mass is 35.5. The predicted molar refractivity (Wildman–Crippen MR) is 130 cm³/mol. The lowest BCUT2D eigenvalue weighted by molar-refractivity contribution is 0.411. The Kier molecular flexibility index (Phi) is 5.90. The second kappa shape index (κ2) is 8.53. The average molecular weight is 484 g/mol. The first-order valence-electron chi connectivity index (χ1n) is 10.1. The highest BCUT2D eigenvalue weighted by Gasteiger charge is 2.21. The third-order valence-corrected chi connectivity index (χ3v) is 7.21. The molecule has 9 heteroatoms. The van der Waals surface area contributed by atoms with Crippen molar-refractivity contribution in [2.45, 2.75) is 25.7 Å². The number of para-hydroxylation sites is 1. The van der Waals surface area contributed by atoms with E-state index in [0.717, 1.165) is 0 Å². The predicted octanol–water partition coefficient (Wildman–Crippen LogP) is 4.77. The molecule has 0 unspecified atom stereocenters. The Morgan fingerprint density at radius 2 is 1.73 bits per heavy atom. The van der Waals surface area contributed by atoms with Gasteiger partial charge >= 0.3 is 0 Å². The van der Waals surface area contributed by atoms with Crippen LogP contribution in [0.1, 0.15) is 17.0 Å². The number of aryl methyl sites for hydroxylation is 3. The van der Waals surface area contributed by atoms with Crippen LogP contribution in [0.15, 0.2) is 64.3 Å². The smallest absolute Gasteiger partial charge is 0.265 e. The van der Waals surface area contributed by atoms with E-state index in [0.29, 0.717) is 39.3 Å². The Balaban J connectivity index is 1.81. The Hall–Kier alpha value is -3.36. The lowest BCUT2D eigenvalue weighted by Gasteiger charge is -2.16. The molecule has 0 spiro atoms. The van der Waals surface area contributed by atoms with Gasteiger partial charge in [-0.1, -0.05) is 23.7 Å². The summed E-state index contributed by atoms with van der Waals surface area (Å²) in [6, 6.07) is 15.0. The standard InChI is InChI=1S/C24H22ClN3O4S/c1-14-12-23(15(2)11-22(14)32-4)33(30,31)27-21-13-17(9-10-19(21)25)28-16(3)26-20-8-6-5-7-18(20)24(28)29/h5-13,27H,1-4H3. The number of benzene rings is 3. The maximum Gasteiger partial charge on any atom is 0.265 e. The zero-order valence-electron chi connectivity index (χ0n) is 18.5. The molecule has 4 rings (SSSR count). The summed E-state index contributed by atoms with van der Waals surface area (Å²) in [5, 5.41) is 0.661. The molecular weight excluding hydrogens is 462 g/mol. The summed E-state index contributed by atoms with van der Waals surface area (Å²) in [5.74, 6) is 1.07. The van der Waals surface area contributed by atoms with Gasteiger partial charge in [-0.05, 0) is 74.4 Å². The number of methoxy groups -OCH3 is 1. The van der Waals surface area contributed by atoms with Crippen LogP contribution in [0.25, 0.3) is 16.6 Å². The molecule has 1 N–H and O–H groups in total. The SMILES string of the molecule is COc1cc(C)c(S(=O)(=O)Nc2cc(-n3c(C)nc4ccccc4c3=O)ccc2Cl)cc1C. The van der Waals surface area contributed by atoms with E-state index in [9.17, 15) is 13.2 Å². The van der Waals surface area contributed by atoms with Crippen LogP contribution in [0, 0.1) is 20.8 Å². The first-order valence-corrected chi connectivity index (χ1v) is 11.9. The molecule has 3 aromatic carbocycles. The molecule has 0 radical (unpaired) electrons. The Morgan fingerprint density at radius 1 is 1.00 bits per heavy atom. The number of fused-ring (bicyclic) bond motifs is 1. The molecule has 0 saturated carbocycles. The number of hydrogen-bond donors (Lipinski definition) is 1. The molecule has 1 aromatic heterocycles. The molecule has 7 nitrogen and oxygen atoms in total. The van der Waals surface area contributed by atoms with Gasteiger partial charge in [0.1, 0.15) is 11.6 Å². The zero-order valence-corrected chi connectivity index (χ0v) is 20.1. The number of nitrogens with zero attached hydrogens (tertiary/aromatic N) is 2. The van der Waals surface area contributed by atoms with Crippen LogP contribution in [0.2, 0.25) is 5.02 Å². The molecule has 0 aliphatic carbocycles. The maximum absolute atomic E-state index is 13.2. The fourth-order valence-electron chi connectivity index (χ4n) is 3.75. The van der Waals surface area contributed by atoms with Gasteiger partial charge in [0.25, 0.3) is 15.6 Å². The number of aromatic nitrogens is 2. The largest absolute Gasteiger partial charge is 0.496 e.